The van der Waals surface area contributed by atoms with E-state index in [0.29, 0.717) is 0 Å². The predicted molar refractivity (Wildman–Crippen MR) is 87.4 cm³/mol. The van der Waals surface area contributed by atoms with Gasteiger partial charge in [0, 0.05) is 6.42 Å². The Labute approximate surface area is 129 Å². The summed E-state index contributed by atoms with van der Waals surface area (Å²) >= 11 is -1.11. The molecule has 0 fully saturated rings. The van der Waals surface area contributed by atoms with Gasteiger partial charge in [-0.25, -0.2) is 0 Å². The molecule has 0 aliphatic heterocycles. The van der Waals surface area contributed by atoms with E-state index < -0.39 is 14.5 Å². The Bertz CT molecular complexity index is 321. The van der Waals surface area contributed by atoms with E-state index in [9.17, 15) is 0 Å². The number of unbranched alkanes of at least 4 members (excludes halogenated alkanes) is 2. The molecule has 2 nitrogen and oxygen atoms in total. The van der Waals surface area contributed by atoms with Crippen LogP contribution in [-0.2, 0) is 3.79 Å². The summed E-state index contributed by atoms with van der Waals surface area (Å²) in [6, 6.07) is 10.0. The first-order valence-electron chi connectivity index (χ1n) is 8.17. The maximum absolute atomic E-state index is 6.32. The summed E-state index contributed by atoms with van der Waals surface area (Å²) in [7, 11) is 0. The maximum atomic E-state index is 6.32. The van der Waals surface area contributed by atoms with Crippen molar-refractivity contribution in [1.82, 2.24) is 0 Å². The molecular weight excluding hydrogens is 263 g/mol. The average Bonchev–Trinajstić information content (AvgIpc) is 2.50. The lowest BCUT2D eigenvalue weighted by Crippen LogP contribution is -2.29. The highest BCUT2D eigenvalue weighted by Gasteiger charge is 2.23. The van der Waals surface area contributed by atoms with Crippen LogP contribution in [0.25, 0.3) is 0 Å². The molecule has 1 atom stereocenters. The number of rotatable bonds is 11. The SMILES string of the molecule is CCC[CH2][Al]([CH2]CCC)[O]C(CC)Oc1ccccc1. The van der Waals surface area contributed by atoms with E-state index in [1.54, 1.807) is 0 Å². The summed E-state index contributed by atoms with van der Waals surface area (Å²) in [6.45, 7) is 6.64. The van der Waals surface area contributed by atoms with Gasteiger partial charge in [0.05, 0.1) is 0 Å². The minimum absolute atomic E-state index is 0.0669. The first-order chi connectivity index (χ1) is 9.80. The van der Waals surface area contributed by atoms with E-state index in [-0.39, 0.29) is 6.29 Å². The summed E-state index contributed by atoms with van der Waals surface area (Å²) < 4.78 is 12.3. The van der Waals surface area contributed by atoms with Gasteiger partial charge in [-0.1, -0.05) is 75.2 Å². The Balaban J connectivity index is 2.48. The van der Waals surface area contributed by atoms with Crippen LogP contribution in [0.4, 0.5) is 0 Å². The summed E-state index contributed by atoms with van der Waals surface area (Å²) in [5, 5.41) is 2.57. The van der Waals surface area contributed by atoms with Crippen LogP contribution in [0, 0.1) is 0 Å². The zero-order valence-corrected chi connectivity index (χ0v) is 14.5. The lowest BCUT2D eigenvalue weighted by Gasteiger charge is -2.23. The second-order valence-electron chi connectivity index (χ2n) is 5.31. The molecule has 1 aromatic carbocycles. The van der Waals surface area contributed by atoms with Crippen molar-refractivity contribution < 1.29 is 8.53 Å². The van der Waals surface area contributed by atoms with E-state index in [1.165, 1.54) is 36.2 Å². The van der Waals surface area contributed by atoms with Crippen LogP contribution in [0.3, 0.4) is 0 Å². The first-order valence-corrected chi connectivity index (χ1v) is 10.3. The van der Waals surface area contributed by atoms with Crippen LogP contribution >= 0.6 is 0 Å². The van der Waals surface area contributed by atoms with E-state index >= 15 is 0 Å². The van der Waals surface area contributed by atoms with Crippen LogP contribution in [0.5, 0.6) is 5.75 Å². The fourth-order valence-corrected chi connectivity index (χ4v) is 5.18. The van der Waals surface area contributed by atoms with Gasteiger partial charge in [0.25, 0.3) is 0 Å². The summed E-state index contributed by atoms with van der Waals surface area (Å²) in [5.74, 6) is 0.915. The average molecular weight is 292 g/mol. The Morgan fingerprint density at radius 1 is 0.950 bits per heavy atom. The van der Waals surface area contributed by atoms with Crippen molar-refractivity contribution in [3.05, 3.63) is 30.3 Å². The minimum Gasteiger partial charge on any atom is -0.469 e. The van der Waals surface area contributed by atoms with Crippen LogP contribution in [0.2, 0.25) is 10.6 Å². The first kappa shape index (κ1) is 17.6. The lowest BCUT2D eigenvalue weighted by atomic mass is 10.3. The Hall–Kier alpha value is -0.488. The fourth-order valence-electron chi connectivity index (χ4n) is 2.22. The lowest BCUT2D eigenvalue weighted by molar-refractivity contribution is -0.000322. The predicted octanol–water partition coefficient (Wildman–Crippen LogP) is 5.41. The monoisotopic (exact) mass is 292 g/mol. The van der Waals surface area contributed by atoms with Crippen molar-refractivity contribution in [2.24, 2.45) is 0 Å². The molecule has 0 bridgehead atoms. The summed E-state index contributed by atoms with van der Waals surface area (Å²) in [4.78, 5) is 0. The van der Waals surface area contributed by atoms with Crippen molar-refractivity contribution in [3.8, 4) is 5.75 Å². The molecule has 0 aromatic heterocycles. The van der Waals surface area contributed by atoms with Gasteiger partial charge in [-0.3, -0.25) is 0 Å². The van der Waals surface area contributed by atoms with Gasteiger partial charge in [-0.2, -0.15) is 0 Å². The molecule has 0 aliphatic carbocycles. The van der Waals surface area contributed by atoms with E-state index in [1.807, 2.05) is 30.3 Å². The molecule has 1 rings (SSSR count). The van der Waals surface area contributed by atoms with Crippen LogP contribution in [0.15, 0.2) is 30.3 Å². The second-order valence-corrected chi connectivity index (χ2v) is 7.98. The number of hydrogen-bond donors (Lipinski definition) is 0. The molecule has 0 N–H and O–H groups in total. The minimum atomic E-state index is -1.11. The highest BCUT2D eigenvalue weighted by atomic mass is 27.2. The molecule has 0 saturated carbocycles. The van der Waals surface area contributed by atoms with Gasteiger partial charge >= 0.3 is 14.5 Å². The molecule has 0 saturated heterocycles. The Morgan fingerprint density at radius 2 is 1.55 bits per heavy atom. The third-order valence-electron chi connectivity index (χ3n) is 3.45. The molecule has 0 amide bonds. The van der Waals surface area contributed by atoms with Crippen molar-refractivity contribution in [2.45, 2.75) is 69.7 Å². The molecule has 3 heteroatoms. The largest absolute Gasteiger partial charge is 0.469 e. The van der Waals surface area contributed by atoms with E-state index in [0.717, 1.165) is 12.2 Å². The molecule has 20 heavy (non-hydrogen) atoms. The smallest absolute Gasteiger partial charge is 0.463 e. The molecule has 1 unspecified atom stereocenters. The van der Waals surface area contributed by atoms with E-state index in [2.05, 4.69) is 20.8 Å². The summed E-state index contributed by atoms with van der Waals surface area (Å²) in [6.07, 6.45) is 5.95. The fraction of sp³-hybridized carbons (Fsp3) is 0.647. The second kappa shape index (κ2) is 11.2. The molecule has 112 valence electrons. The molecule has 1 aromatic rings. The van der Waals surface area contributed by atoms with Gasteiger partial charge in [0.1, 0.15) is 5.75 Å². The normalized spacial score (nSPS) is 12.2. The molecule has 0 heterocycles. The van der Waals surface area contributed by atoms with Crippen LogP contribution < -0.4 is 4.74 Å². The van der Waals surface area contributed by atoms with Gasteiger partial charge in [-0.05, 0) is 12.1 Å². The van der Waals surface area contributed by atoms with Crippen LogP contribution in [-0.4, -0.2) is 20.8 Å². The highest BCUT2D eigenvalue weighted by Crippen LogP contribution is 2.18. The summed E-state index contributed by atoms with van der Waals surface area (Å²) in [5.41, 5.74) is 0. The maximum Gasteiger partial charge on any atom is 0.463 e. The Kier molecular flexibility index (Phi) is 9.84. The van der Waals surface area contributed by atoms with Crippen LogP contribution in [0.1, 0.15) is 52.9 Å². The Morgan fingerprint density at radius 3 is 2.05 bits per heavy atom. The molecular formula is C17H29AlO2. The number of benzene rings is 1. The highest BCUT2D eigenvalue weighted by molar-refractivity contribution is 6.51. The molecule has 0 radical (unpaired) electrons. The van der Waals surface area contributed by atoms with Gasteiger partial charge in [-0.15, -0.1) is 0 Å². The van der Waals surface area contributed by atoms with Crippen molar-refractivity contribution in [1.29, 1.82) is 0 Å². The molecule has 0 spiro atoms. The number of ether oxygens (including phenoxy) is 1. The van der Waals surface area contributed by atoms with E-state index in [4.69, 9.17) is 8.53 Å². The van der Waals surface area contributed by atoms with Gasteiger partial charge < -0.3 is 8.53 Å². The zero-order chi connectivity index (χ0) is 14.6. The molecule has 0 aliphatic rings. The quantitative estimate of drug-likeness (QED) is 0.401. The third-order valence-corrected chi connectivity index (χ3v) is 6.24. The number of hydrogen-bond acceptors (Lipinski definition) is 2. The number of para-hydroxylation sites is 1. The zero-order valence-electron chi connectivity index (χ0n) is 13.3. The topological polar surface area (TPSA) is 18.5 Å². The van der Waals surface area contributed by atoms with Gasteiger partial charge in [0.2, 0.25) is 0 Å². The van der Waals surface area contributed by atoms with Crippen molar-refractivity contribution >= 4 is 14.5 Å². The van der Waals surface area contributed by atoms with Crippen molar-refractivity contribution in [2.75, 3.05) is 0 Å². The van der Waals surface area contributed by atoms with Gasteiger partial charge in [0.15, 0.2) is 6.29 Å². The standard InChI is InChI=1S/C9H11O2.2C4H9.Al/c1-2-9(10)11-8-6-4-3-5-7-8;2*1-3-4-2;/h3-7,9H,2H2,1H3;2*1,3-4H2,2H3;/q-1;;;+1. The third kappa shape index (κ3) is 7.34. The van der Waals surface area contributed by atoms with Crippen molar-refractivity contribution in [3.63, 3.8) is 0 Å².